The van der Waals surface area contributed by atoms with E-state index in [0.29, 0.717) is 16.9 Å². The van der Waals surface area contributed by atoms with Crippen LogP contribution in [0.2, 0.25) is 0 Å². The minimum atomic E-state index is -3.46. The second-order valence-corrected chi connectivity index (χ2v) is 9.83. The molecule has 1 N–H and O–H groups in total. The highest BCUT2D eigenvalue weighted by atomic mass is 32.2. The van der Waals surface area contributed by atoms with Crippen molar-refractivity contribution in [2.75, 3.05) is 13.1 Å². The van der Waals surface area contributed by atoms with E-state index in [1.54, 1.807) is 24.3 Å². The topological polar surface area (TPSA) is 49.4 Å². The predicted molar refractivity (Wildman–Crippen MR) is 113 cm³/mol. The molecule has 4 nitrogen and oxygen atoms in total. The normalized spacial score (nSPS) is 24.9. The predicted octanol–water partition coefficient (Wildman–Crippen LogP) is 4.16. The largest absolute Gasteiger partial charge is 0.299 e. The highest BCUT2D eigenvalue weighted by Crippen LogP contribution is 2.32. The highest BCUT2D eigenvalue weighted by Gasteiger charge is 2.35. The molecular weight excluding hydrogens is 368 g/mol. The molecule has 5 heteroatoms. The van der Waals surface area contributed by atoms with Crippen LogP contribution in [-0.4, -0.2) is 38.5 Å². The maximum atomic E-state index is 12.8. The number of rotatable bonds is 5. The fourth-order valence-electron chi connectivity index (χ4n) is 4.84. The van der Waals surface area contributed by atoms with E-state index in [-0.39, 0.29) is 6.04 Å². The quantitative estimate of drug-likeness (QED) is 0.823. The summed E-state index contributed by atoms with van der Waals surface area (Å²) in [5.41, 5.74) is 1.44. The third-order valence-electron chi connectivity index (χ3n) is 6.36. The number of benzene rings is 2. The van der Waals surface area contributed by atoms with Crippen LogP contribution in [-0.2, 0) is 10.0 Å². The number of piperidine rings is 1. The van der Waals surface area contributed by atoms with Crippen molar-refractivity contribution in [3.05, 3.63) is 66.2 Å². The lowest BCUT2D eigenvalue weighted by Gasteiger charge is -2.43. The van der Waals surface area contributed by atoms with Crippen molar-refractivity contribution in [3.63, 3.8) is 0 Å². The molecule has 1 saturated carbocycles. The van der Waals surface area contributed by atoms with Crippen LogP contribution < -0.4 is 4.72 Å². The van der Waals surface area contributed by atoms with Crippen molar-refractivity contribution in [1.82, 2.24) is 9.62 Å². The average Bonchev–Trinajstić information content (AvgIpc) is 2.75. The third-order valence-corrected chi connectivity index (χ3v) is 7.86. The van der Waals surface area contributed by atoms with E-state index < -0.39 is 10.0 Å². The molecule has 2 aromatic rings. The molecule has 1 aliphatic carbocycles. The van der Waals surface area contributed by atoms with Gasteiger partial charge in [0.05, 0.1) is 4.90 Å². The zero-order valence-corrected chi connectivity index (χ0v) is 17.2. The smallest absolute Gasteiger partial charge is 0.240 e. The zero-order valence-electron chi connectivity index (χ0n) is 16.3. The van der Waals surface area contributed by atoms with Crippen molar-refractivity contribution >= 4 is 10.0 Å². The van der Waals surface area contributed by atoms with Crippen molar-refractivity contribution in [1.29, 1.82) is 0 Å². The first kappa shape index (κ1) is 19.6. The standard InChI is InChI=1S/C23H30N2O2S/c26-28(27,21-11-5-2-6-12-21)24-22-13-7-8-14-23(22)25-17-15-20(16-18-25)19-9-3-1-4-10-19/h1-6,9-12,20,22-24H,7-8,13-18H2/t22-,23-/m0/s1. The Labute approximate surface area is 169 Å². The molecule has 28 heavy (non-hydrogen) atoms. The Hall–Kier alpha value is -1.69. The van der Waals surface area contributed by atoms with Gasteiger partial charge >= 0.3 is 0 Å². The molecule has 1 aliphatic heterocycles. The van der Waals surface area contributed by atoms with Gasteiger partial charge in [-0.05, 0) is 62.4 Å². The fraction of sp³-hybridized carbons (Fsp3) is 0.478. The van der Waals surface area contributed by atoms with Crippen LogP contribution in [0.5, 0.6) is 0 Å². The third kappa shape index (κ3) is 4.48. The Bertz CT molecular complexity index is 847. The van der Waals surface area contributed by atoms with Crippen LogP contribution in [0.4, 0.5) is 0 Å². The lowest BCUT2D eigenvalue weighted by Crippen LogP contribution is -2.54. The van der Waals surface area contributed by atoms with E-state index in [1.807, 2.05) is 6.07 Å². The van der Waals surface area contributed by atoms with Gasteiger partial charge in [0.15, 0.2) is 0 Å². The van der Waals surface area contributed by atoms with E-state index in [2.05, 4.69) is 40.0 Å². The molecule has 0 bridgehead atoms. The Morgan fingerprint density at radius 1 is 0.786 bits per heavy atom. The van der Waals surface area contributed by atoms with E-state index in [1.165, 1.54) is 12.0 Å². The molecule has 2 aliphatic rings. The van der Waals surface area contributed by atoms with Gasteiger partial charge in [-0.1, -0.05) is 61.4 Å². The van der Waals surface area contributed by atoms with Gasteiger partial charge in [-0.25, -0.2) is 13.1 Å². The van der Waals surface area contributed by atoms with Crippen LogP contribution >= 0.6 is 0 Å². The summed E-state index contributed by atoms with van der Waals surface area (Å²) in [5.74, 6) is 0.625. The Balaban J connectivity index is 1.42. The van der Waals surface area contributed by atoms with Gasteiger partial charge in [0.2, 0.25) is 10.0 Å². The summed E-state index contributed by atoms with van der Waals surface area (Å²) in [6.07, 6.45) is 6.59. The number of nitrogens with one attached hydrogen (secondary N) is 1. The first-order valence-corrected chi connectivity index (χ1v) is 12.0. The molecule has 0 radical (unpaired) electrons. The van der Waals surface area contributed by atoms with Crippen LogP contribution in [0.25, 0.3) is 0 Å². The van der Waals surface area contributed by atoms with Crippen LogP contribution in [0.1, 0.15) is 50.0 Å². The van der Waals surface area contributed by atoms with Crippen molar-refractivity contribution in [2.45, 2.75) is 61.4 Å². The summed E-state index contributed by atoms with van der Waals surface area (Å²) >= 11 is 0. The van der Waals surface area contributed by atoms with Gasteiger partial charge in [-0.2, -0.15) is 0 Å². The number of likely N-dealkylation sites (tertiary alicyclic amines) is 1. The van der Waals surface area contributed by atoms with Crippen molar-refractivity contribution in [3.8, 4) is 0 Å². The Morgan fingerprint density at radius 3 is 2.07 bits per heavy atom. The first-order chi connectivity index (χ1) is 13.6. The molecule has 1 heterocycles. The summed E-state index contributed by atoms with van der Waals surface area (Å²) < 4.78 is 28.7. The maximum Gasteiger partial charge on any atom is 0.240 e. The van der Waals surface area contributed by atoms with E-state index in [9.17, 15) is 8.42 Å². The minimum Gasteiger partial charge on any atom is -0.299 e. The minimum absolute atomic E-state index is 0.00670. The molecule has 4 rings (SSSR count). The molecule has 0 aromatic heterocycles. The van der Waals surface area contributed by atoms with Crippen LogP contribution in [0.3, 0.4) is 0 Å². The molecule has 2 fully saturated rings. The lowest BCUT2D eigenvalue weighted by atomic mass is 9.85. The van der Waals surface area contributed by atoms with Crippen molar-refractivity contribution < 1.29 is 8.42 Å². The second kappa shape index (κ2) is 8.76. The van der Waals surface area contributed by atoms with Gasteiger partial charge in [-0.15, -0.1) is 0 Å². The first-order valence-electron chi connectivity index (χ1n) is 10.5. The molecule has 1 saturated heterocycles. The summed E-state index contributed by atoms with van der Waals surface area (Å²) in [6.45, 7) is 2.10. The summed E-state index contributed by atoms with van der Waals surface area (Å²) in [5, 5.41) is 0. The SMILES string of the molecule is O=S(=O)(N[C@H]1CCCC[C@@H]1N1CCC(c2ccccc2)CC1)c1ccccc1. The monoisotopic (exact) mass is 398 g/mol. The van der Waals surface area contributed by atoms with E-state index >= 15 is 0 Å². The van der Waals surface area contributed by atoms with Crippen LogP contribution in [0.15, 0.2) is 65.6 Å². The van der Waals surface area contributed by atoms with E-state index in [4.69, 9.17) is 0 Å². The maximum absolute atomic E-state index is 12.8. The van der Waals surface area contributed by atoms with Gasteiger partial charge in [0, 0.05) is 12.1 Å². The summed E-state index contributed by atoms with van der Waals surface area (Å²) in [4.78, 5) is 2.90. The molecule has 2 atom stereocenters. The molecule has 0 amide bonds. The van der Waals surface area contributed by atoms with Gasteiger partial charge < -0.3 is 0 Å². The number of nitrogens with zero attached hydrogens (tertiary/aromatic N) is 1. The van der Waals surface area contributed by atoms with Crippen LogP contribution in [0, 0.1) is 0 Å². The summed E-state index contributed by atoms with van der Waals surface area (Å²) in [6, 6.07) is 19.9. The molecule has 0 spiro atoms. The molecular formula is C23H30N2O2S. The molecule has 2 aromatic carbocycles. The number of hydrogen-bond acceptors (Lipinski definition) is 3. The number of sulfonamides is 1. The average molecular weight is 399 g/mol. The van der Waals surface area contributed by atoms with Gasteiger partial charge in [0.25, 0.3) is 0 Å². The second-order valence-electron chi connectivity index (χ2n) is 8.11. The molecule has 0 unspecified atom stereocenters. The highest BCUT2D eigenvalue weighted by molar-refractivity contribution is 7.89. The Kier molecular flexibility index (Phi) is 6.14. The van der Waals surface area contributed by atoms with Crippen molar-refractivity contribution in [2.24, 2.45) is 0 Å². The van der Waals surface area contributed by atoms with Gasteiger partial charge in [0.1, 0.15) is 0 Å². The molecule has 150 valence electrons. The fourth-order valence-corrected chi connectivity index (χ4v) is 6.17. The van der Waals surface area contributed by atoms with Gasteiger partial charge in [-0.3, -0.25) is 4.90 Å². The Morgan fingerprint density at radius 2 is 1.39 bits per heavy atom. The lowest BCUT2D eigenvalue weighted by molar-refractivity contribution is 0.102. The van der Waals surface area contributed by atoms with E-state index in [0.717, 1.165) is 45.2 Å². The number of hydrogen-bond donors (Lipinski definition) is 1. The zero-order chi connectivity index (χ0) is 19.4. The summed E-state index contributed by atoms with van der Waals surface area (Å²) in [7, 11) is -3.46.